The third kappa shape index (κ3) is 9.79. The van der Waals surface area contributed by atoms with Crippen molar-refractivity contribution in [2.75, 3.05) is 33.5 Å². The Hall–Kier alpha value is -2.82. The second-order valence-electron chi connectivity index (χ2n) is 6.47. The van der Waals surface area contributed by atoms with Crippen molar-refractivity contribution >= 4 is 17.4 Å². The number of hydrogen-bond donors (Lipinski definition) is 2. The zero-order valence-corrected chi connectivity index (χ0v) is 19.5. The van der Waals surface area contributed by atoms with Crippen molar-refractivity contribution in [3.8, 4) is 0 Å². The van der Waals surface area contributed by atoms with Crippen LogP contribution in [0.15, 0.2) is 76.0 Å². The first-order valence-corrected chi connectivity index (χ1v) is 10.1. The lowest BCUT2D eigenvalue weighted by Crippen LogP contribution is -2.36. The molecule has 2 rings (SSSR count). The summed E-state index contributed by atoms with van der Waals surface area (Å²) in [6.45, 7) is 11.8. The molecule has 0 spiro atoms. The van der Waals surface area contributed by atoms with E-state index in [4.69, 9.17) is 0 Å². The summed E-state index contributed by atoms with van der Waals surface area (Å²) in [5.74, 6) is 1.47. The van der Waals surface area contributed by atoms with Gasteiger partial charge in [0.05, 0.1) is 0 Å². The van der Waals surface area contributed by atoms with E-state index in [1.807, 2.05) is 63.2 Å². The van der Waals surface area contributed by atoms with Gasteiger partial charge in [-0.3, -0.25) is 9.98 Å². The van der Waals surface area contributed by atoms with Gasteiger partial charge in [0.1, 0.15) is 0 Å². The highest BCUT2D eigenvalue weighted by atomic mass is 15.1. The van der Waals surface area contributed by atoms with Crippen molar-refractivity contribution in [3.05, 3.63) is 66.0 Å². The van der Waals surface area contributed by atoms with Gasteiger partial charge >= 0.3 is 0 Å². The lowest BCUT2D eigenvalue weighted by molar-refractivity contribution is 0.566. The number of benzene rings is 1. The predicted molar refractivity (Wildman–Crippen MR) is 131 cm³/mol. The topological polar surface area (TPSA) is 52.0 Å². The van der Waals surface area contributed by atoms with Crippen molar-refractivity contribution in [2.24, 2.45) is 9.98 Å². The molecule has 29 heavy (non-hydrogen) atoms. The molecule has 1 aliphatic rings. The van der Waals surface area contributed by atoms with E-state index in [9.17, 15) is 0 Å². The summed E-state index contributed by atoms with van der Waals surface area (Å²) in [5, 5.41) is 6.73. The first kappa shape index (κ1) is 26.2. The number of anilines is 1. The zero-order chi connectivity index (χ0) is 22.2. The zero-order valence-electron chi connectivity index (χ0n) is 19.5. The second-order valence-corrected chi connectivity index (χ2v) is 6.47. The molecule has 5 nitrogen and oxygen atoms in total. The number of nitrogens with one attached hydrogen (secondary N) is 2. The van der Waals surface area contributed by atoms with E-state index in [0.29, 0.717) is 0 Å². The monoisotopic (exact) mass is 397 g/mol. The van der Waals surface area contributed by atoms with Crippen molar-refractivity contribution in [3.63, 3.8) is 0 Å². The molecule has 0 heterocycles. The van der Waals surface area contributed by atoms with E-state index in [2.05, 4.69) is 47.1 Å². The van der Waals surface area contributed by atoms with Crippen LogP contribution in [-0.2, 0) is 0 Å². The summed E-state index contributed by atoms with van der Waals surface area (Å²) in [6.07, 6.45) is 6.17. The molecule has 1 aliphatic carbocycles. The number of aliphatic imine (C=N–C) groups is 2. The highest BCUT2D eigenvalue weighted by Crippen LogP contribution is 2.22. The number of rotatable bonds is 3. The normalized spacial score (nSPS) is 13.9. The first-order valence-electron chi connectivity index (χ1n) is 10.1. The van der Waals surface area contributed by atoms with E-state index < -0.39 is 0 Å². The van der Waals surface area contributed by atoms with E-state index >= 15 is 0 Å². The average molecular weight is 398 g/mol. The Morgan fingerprint density at radius 3 is 2.00 bits per heavy atom. The van der Waals surface area contributed by atoms with Gasteiger partial charge in [0.25, 0.3) is 0 Å². The lowest BCUT2D eigenvalue weighted by Gasteiger charge is -2.20. The van der Waals surface area contributed by atoms with Gasteiger partial charge < -0.3 is 15.5 Å². The van der Waals surface area contributed by atoms with Gasteiger partial charge in [-0.25, -0.2) is 0 Å². The van der Waals surface area contributed by atoms with Gasteiger partial charge in [0.15, 0.2) is 11.7 Å². The van der Waals surface area contributed by atoms with Crippen LogP contribution >= 0.6 is 0 Å². The van der Waals surface area contributed by atoms with Crippen LogP contribution in [0.25, 0.3) is 0 Å². The maximum Gasteiger partial charge on any atom is 0.168 e. The molecule has 0 aromatic heterocycles. The summed E-state index contributed by atoms with van der Waals surface area (Å²) < 4.78 is 0. The molecule has 5 heteroatoms. The molecule has 0 radical (unpaired) electrons. The minimum absolute atomic E-state index is 0.727. The standard InChI is InChI=1S/C18H24N4.C4H9N.C2H6/c1-13-9-8-12-16(14(13)2)22-18(20-4)17(19-3)21-15-10-6-5-7-11-15;1-4-5(2)3;1-2/h5-7,10-12H,8-9H2,1-4H3,(H,19,21)(H,20,22);4H,1H2,2-3H3;1-2H3. The number of amidine groups is 2. The Balaban J connectivity index is 0.000000977. The fourth-order valence-electron chi connectivity index (χ4n) is 2.38. The average Bonchev–Trinajstić information content (AvgIpc) is 2.76. The molecule has 0 unspecified atom stereocenters. The largest absolute Gasteiger partial charge is 0.384 e. The molecule has 0 bridgehead atoms. The van der Waals surface area contributed by atoms with E-state index in [1.165, 1.54) is 11.1 Å². The van der Waals surface area contributed by atoms with Crippen LogP contribution in [0, 0.1) is 0 Å². The molecule has 160 valence electrons. The molecule has 0 saturated heterocycles. The highest BCUT2D eigenvalue weighted by molar-refractivity contribution is 6.45. The molecule has 1 aromatic carbocycles. The Labute approximate surface area is 178 Å². The molecule has 0 fully saturated rings. The Morgan fingerprint density at radius 2 is 1.52 bits per heavy atom. The van der Waals surface area contributed by atoms with Gasteiger partial charge in [-0.05, 0) is 50.6 Å². The molecule has 0 atom stereocenters. The Morgan fingerprint density at radius 1 is 1.00 bits per heavy atom. The molecular formula is C24H39N5. The number of para-hydroxylation sites is 1. The second kappa shape index (κ2) is 15.1. The van der Waals surface area contributed by atoms with Crippen LogP contribution in [0.3, 0.4) is 0 Å². The van der Waals surface area contributed by atoms with Crippen LogP contribution in [-0.4, -0.2) is 44.8 Å². The Kier molecular flexibility index (Phi) is 13.7. The minimum Gasteiger partial charge on any atom is -0.384 e. The van der Waals surface area contributed by atoms with E-state index in [-0.39, 0.29) is 0 Å². The maximum atomic E-state index is 4.36. The van der Waals surface area contributed by atoms with E-state index in [0.717, 1.165) is 35.9 Å². The fourth-order valence-corrected chi connectivity index (χ4v) is 2.38. The molecular weight excluding hydrogens is 358 g/mol. The van der Waals surface area contributed by atoms with Crippen LogP contribution in [0.5, 0.6) is 0 Å². The van der Waals surface area contributed by atoms with Crippen LogP contribution in [0.2, 0.25) is 0 Å². The van der Waals surface area contributed by atoms with Crippen molar-refractivity contribution in [2.45, 2.75) is 40.5 Å². The highest BCUT2D eigenvalue weighted by Gasteiger charge is 2.14. The van der Waals surface area contributed by atoms with Gasteiger partial charge in [-0.15, -0.1) is 0 Å². The number of hydrogen-bond acceptors (Lipinski definition) is 3. The van der Waals surface area contributed by atoms with Crippen LogP contribution in [0.4, 0.5) is 5.69 Å². The smallest absolute Gasteiger partial charge is 0.168 e. The van der Waals surface area contributed by atoms with Gasteiger partial charge in [0, 0.05) is 39.6 Å². The summed E-state index contributed by atoms with van der Waals surface area (Å²) in [5.41, 5.74) is 4.83. The fraction of sp³-hybridized carbons (Fsp3) is 0.417. The summed E-state index contributed by atoms with van der Waals surface area (Å²) in [7, 11) is 7.41. The van der Waals surface area contributed by atoms with Crippen molar-refractivity contribution < 1.29 is 0 Å². The van der Waals surface area contributed by atoms with Crippen molar-refractivity contribution in [1.82, 2.24) is 10.2 Å². The van der Waals surface area contributed by atoms with Gasteiger partial charge in [-0.2, -0.15) is 0 Å². The Bertz CT molecular complexity index is 725. The summed E-state index contributed by atoms with van der Waals surface area (Å²) in [6, 6.07) is 9.99. The van der Waals surface area contributed by atoms with E-state index in [1.54, 1.807) is 20.3 Å². The van der Waals surface area contributed by atoms with Crippen LogP contribution in [0.1, 0.15) is 40.5 Å². The van der Waals surface area contributed by atoms with Crippen LogP contribution < -0.4 is 10.6 Å². The SMILES string of the molecule is C=CN(C)C.CC.CN=C(NC1=CCCC(C)=C1C)C(=NC)Nc1ccccc1. The van der Waals surface area contributed by atoms with Gasteiger partial charge in [0.2, 0.25) is 0 Å². The molecule has 0 aliphatic heterocycles. The third-order valence-electron chi connectivity index (χ3n) is 4.24. The lowest BCUT2D eigenvalue weighted by atomic mass is 9.97. The molecule has 0 amide bonds. The molecule has 1 aromatic rings. The minimum atomic E-state index is 0.727. The predicted octanol–water partition coefficient (Wildman–Crippen LogP) is 5.48. The first-order chi connectivity index (χ1) is 13.9. The summed E-state index contributed by atoms with van der Waals surface area (Å²) in [4.78, 5) is 10.6. The molecule has 2 N–H and O–H groups in total. The molecule has 0 saturated carbocycles. The van der Waals surface area contributed by atoms with Gasteiger partial charge in [-0.1, -0.05) is 50.3 Å². The number of nitrogens with zero attached hydrogens (tertiary/aromatic N) is 3. The number of allylic oxidation sites excluding steroid dienone is 3. The van der Waals surface area contributed by atoms with Crippen molar-refractivity contribution in [1.29, 1.82) is 0 Å². The third-order valence-corrected chi connectivity index (χ3v) is 4.24. The quantitative estimate of drug-likeness (QED) is 0.525. The summed E-state index contributed by atoms with van der Waals surface area (Å²) >= 11 is 0. The maximum absolute atomic E-state index is 4.36.